The molecule has 4 atom stereocenters. The lowest BCUT2D eigenvalue weighted by Gasteiger charge is -2.41. The van der Waals surface area contributed by atoms with Gasteiger partial charge in [0.05, 0.1) is 0 Å². The number of nitrogens with one attached hydrogen (secondary N) is 1. The van der Waals surface area contributed by atoms with E-state index in [0.29, 0.717) is 11.8 Å². The number of carbonyl (C=O) groups is 2. The molecule has 2 aliphatic carbocycles. The molecule has 0 radical (unpaired) electrons. The number of halogens is 1. The molecule has 1 aromatic rings. The predicted molar refractivity (Wildman–Crippen MR) is 122 cm³/mol. The van der Waals surface area contributed by atoms with Gasteiger partial charge in [-0.1, -0.05) is 75.8 Å². The maximum absolute atomic E-state index is 13.7. The molecule has 4 nitrogen and oxygen atoms in total. The van der Waals surface area contributed by atoms with Crippen LogP contribution in [0.5, 0.6) is 0 Å². The van der Waals surface area contributed by atoms with Crippen LogP contribution in [0.15, 0.2) is 24.3 Å². The van der Waals surface area contributed by atoms with Crippen molar-refractivity contribution in [1.29, 1.82) is 0 Å². The van der Waals surface area contributed by atoms with Crippen molar-refractivity contribution in [2.75, 3.05) is 5.88 Å². The van der Waals surface area contributed by atoms with Crippen LogP contribution in [0.25, 0.3) is 0 Å². The highest BCUT2D eigenvalue weighted by molar-refractivity contribution is 6.27. The molecule has 0 saturated heterocycles. The Morgan fingerprint density at radius 1 is 1.03 bits per heavy atom. The van der Waals surface area contributed by atoms with Crippen LogP contribution in [0.2, 0.25) is 0 Å². The third-order valence-electron chi connectivity index (χ3n) is 7.32. The molecular formula is C25H37ClN2O2. The van der Waals surface area contributed by atoms with Crippen molar-refractivity contribution >= 4 is 23.4 Å². The van der Waals surface area contributed by atoms with Crippen LogP contribution in [-0.4, -0.2) is 34.7 Å². The molecule has 30 heavy (non-hydrogen) atoms. The Hall–Kier alpha value is -1.55. The third kappa shape index (κ3) is 5.38. The SMILES string of the molecule is Cc1ccc([C@H](C(=O)N[C@@H]2CCC[C@@H](C)[C@@H]2C)N(C(=O)CCl)C2CCCCC2)cc1. The number of hydrogen-bond donors (Lipinski definition) is 1. The first-order valence-electron chi connectivity index (χ1n) is 11.7. The first-order valence-corrected chi connectivity index (χ1v) is 12.2. The van der Waals surface area contributed by atoms with Gasteiger partial charge in [-0.25, -0.2) is 0 Å². The van der Waals surface area contributed by atoms with Gasteiger partial charge in [0.15, 0.2) is 0 Å². The van der Waals surface area contributed by atoms with E-state index >= 15 is 0 Å². The van der Waals surface area contributed by atoms with E-state index in [-0.39, 0.29) is 29.8 Å². The number of rotatable bonds is 6. The van der Waals surface area contributed by atoms with Gasteiger partial charge in [-0.15, -0.1) is 11.6 Å². The first kappa shape index (κ1) is 23.1. The number of alkyl halides is 1. The van der Waals surface area contributed by atoms with Crippen molar-refractivity contribution in [3.05, 3.63) is 35.4 Å². The third-order valence-corrected chi connectivity index (χ3v) is 7.55. The summed E-state index contributed by atoms with van der Waals surface area (Å²) in [7, 11) is 0. The van der Waals surface area contributed by atoms with Crippen molar-refractivity contribution in [2.45, 2.75) is 90.3 Å². The first-order chi connectivity index (χ1) is 14.4. The van der Waals surface area contributed by atoms with E-state index in [0.717, 1.165) is 49.7 Å². The summed E-state index contributed by atoms with van der Waals surface area (Å²) in [5.74, 6) is 0.737. The molecule has 2 amide bonds. The molecule has 0 aromatic heterocycles. The van der Waals surface area contributed by atoms with Gasteiger partial charge in [0.1, 0.15) is 11.9 Å². The highest BCUT2D eigenvalue weighted by Crippen LogP contribution is 2.33. The molecule has 0 bridgehead atoms. The monoisotopic (exact) mass is 432 g/mol. The number of nitrogens with zero attached hydrogens (tertiary/aromatic N) is 1. The minimum absolute atomic E-state index is 0.0613. The van der Waals surface area contributed by atoms with Gasteiger partial charge in [-0.05, 0) is 43.6 Å². The summed E-state index contributed by atoms with van der Waals surface area (Å²) in [4.78, 5) is 28.5. The fourth-order valence-electron chi connectivity index (χ4n) is 5.22. The van der Waals surface area contributed by atoms with Gasteiger partial charge in [-0.2, -0.15) is 0 Å². The van der Waals surface area contributed by atoms with Crippen molar-refractivity contribution in [3.8, 4) is 0 Å². The van der Waals surface area contributed by atoms with Crippen LogP contribution < -0.4 is 5.32 Å². The average Bonchev–Trinajstić information content (AvgIpc) is 2.76. The summed E-state index contributed by atoms with van der Waals surface area (Å²) in [6.07, 6.45) is 8.62. The summed E-state index contributed by atoms with van der Waals surface area (Å²) in [5, 5.41) is 3.33. The predicted octanol–water partition coefficient (Wildman–Crippen LogP) is 5.38. The van der Waals surface area contributed by atoms with E-state index in [1.807, 2.05) is 36.1 Å². The molecule has 166 valence electrons. The molecule has 0 unspecified atom stereocenters. The molecule has 5 heteroatoms. The molecule has 0 heterocycles. The Morgan fingerprint density at radius 2 is 1.70 bits per heavy atom. The van der Waals surface area contributed by atoms with Crippen molar-refractivity contribution in [2.24, 2.45) is 11.8 Å². The quantitative estimate of drug-likeness (QED) is 0.613. The number of carbonyl (C=O) groups excluding carboxylic acids is 2. The normalized spacial score (nSPS) is 26.1. The molecule has 0 spiro atoms. The summed E-state index contributed by atoms with van der Waals surface area (Å²) in [6.45, 7) is 6.54. The minimum Gasteiger partial charge on any atom is -0.351 e. The fraction of sp³-hybridized carbons (Fsp3) is 0.680. The number of aryl methyl sites for hydroxylation is 1. The maximum atomic E-state index is 13.7. The van der Waals surface area contributed by atoms with Crippen LogP contribution in [-0.2, 0) is 9.59 Å². The Bertz CT molecular complexity index is 714. The molecule has 1 N–H and O–H groups in total. The smallest absolute Gasteiger partial charge is 0.247 e. The lowest BCUT2D eigenvalue weighted by atomic mass is 9.78. The number of hydrogen-bond acceptors (Lipinski definition) is 2. The van der Waals surface area contributed by atoms with Gasteiger partial charge in [-0.3, -0.25) is 9.59 Å². The second-order valence-electron chi connectivity index (χ2n) is 9.42. The van der Waals surface area contributed by atoms with E-state index in [9.17, 15) is 9.59 Å². The highest BCUT2D eigenvalue weighted by atomic mass is 35.5. The molecule has 2 fully saturated rings. The van der Waals surface area contributed by atoms with E-state index < -0.39 is 6.04 Å². The molecule has 2 saturated carbocycles. The maximum Gasteiger partial charge on any atom is 0.247 e. The number of benzene rings is 1. The van der Waals surface area contributed by atoms with Crippen LogP contribution in [0.1, 0.15) is 82.4 Å². The summed E-state index contributed by atoms with van der Waals surface area (Å²) >= 11 is 6.04. The van der Waals surface area contributed by atoms with Crippen molar-refractivity contribution in [3.63, 3.8) is 0 Å². The largest absolute Gasteiger partial charge is 0.351 e. The van der Waals surface area contributed by atoms with Crippen LogP contribution in [0, 0.1) is 18.8 Å². The van der Waals surface area contributed by atoms with Gasteiger partial charge < -0.3 is 10.2 Å². The Labute approximate surface area is 186 Å². The van der Waals surface area contributed by atoms with E-state index in [2.05, 4.69) is 19.2 Å². The Kier molecular flexibility index (Phi) is 8.21. The summed E-state index contributed by atoms with van der Waals surface area (Å²) in [5.41, 5.74) is 2.01. The fourth-order valence-corrected chi connectivity index (χ4v) is 5.36. The van der Waals surface area contributed by atoms with E-state index in [4.69, 9.17) is 11.6 Å². The molecule has 2 aliphatic rings. The Balaban J connectivity index is 1.92. The molecular weight excluding hydrogens is 396 g/mol. The van der Waals surface area contributed by atoms with E-state index in [1.165, 1.54) is 12.8 Å². The zero-order valence-electron chi connectivity index (χ0n) is 18.7. The van der Waals surface area contributed by atoms with Gasteiger partial charge in [0, 0.05) is 12.1 Å². The summed E-state index contributed by atoms with van der Waals surface area (Å²) in [6, 6.07) is 7.63. The van der Waals surface area contributed by atoms with Gasteiger partial charge in [0.2, 0.25) is 11.8 Å². The van der Waals surface area contributed by atoms with Crippen molar-refractivity contribution < 1.29 is 9.59 Å². The molecule has 0 aliphatic heterocycles. The highest BCUT2D eigenvalue weighted by Gasteiger charge is 2.38. The molecule has 3 rings (SSSR count). The van der Waals surface area contributed by atoms with Crippen LogP contribution >= 0.6 is 11.6 Å². The number of amides is 2. The zero-order chi connectivity index (χ0) is 21.7. The summed E-state index contributed by atoms with van der Waals surface area (Å²) < 4.78 is 0. The Morgan fingerprint density at radius 3 is 2.33 bits per heavy atom. The zero-order valence-corrected chi connectivity index (χ0v) is 19.5. The van der Waals surface area contributed by atoms with E-state index in [1.54, 1.807) is 0 Å². The van der Waals surface area contributed by atoms with Crippen LogP contribution in [0.3, 0.4) is 0 Å². The lowest BCUT2D eigenvalue weighted by molar-refractivity contribution is -0.143. The molecule has 1 aromatic carbocycles. The van der Waals surface area contributed by atoms with Crippen LogP contribution in [0.4, 0.5) is 0 Å². The standard InChI is InChI=1S/C25H37ClN2O2/c1-17-12-14-20(15-13-17)24(25(30)27-22-11-7-8-18(2)19(22)3)28(23(29)16-26)21-9-5-4-6-10-21/h12-15,18-19,21-22,24H,4-11,16H2,1-3H3,(H,27,30)/t18-,19+,22-,24-/m1/s1. The second-order valence-corrected chi connectivity index (χ2v) is 9.69. The second kappa shape index (κ2) is 10.7. The average molecular weight is 433 g/mol. The van der Waals surface area contributed by atoms with Crippen molar-refractivity contribution in [1.82, 2.24) is 10.2 Å². The minimum atomic E-state index is -0.621. The van der Waals surface area contributed by atoms with Gasteiger partial charge >= 0.3 is 0 Å². The topological polar surface area (TPSA) is 49.4 Å². The lowest BCUT2D eigenvalue weighted by Crippen LogP contribution is -2.53. The van der Waals surface area contributed by atoms with Gasteiger partial charge in [0.25, 0.3) is 0 Å².